The third-order valence-corrected chi connectivity index (χ3v) is 3.74. The van der Waals surface area contributed by atoms with Gasteiger partial charge in [-0.3, -0.25) is 19.2 Å². The van der Waals surface area contributed by atoms with Crippen LogP contribution in [0, 0.1) is 0 Å². The minimum absolute atomic E-state index is 0.0806. The molecule has 2 N–H and O–H groups in total. The van der Waals surface area contributed by atoms with E-state index in [0.29, 0.717) is 23.7 Å². The zero-order valence-electron chi connectivity index (χ0n) is 13.2. The molecule has 7 nitrogen and oxygen atoms in total. The Morgan fingerprint density at radius 1 is 1.33 bits per heavy atom. The highest BCUT2D eigenvalue weighted by atomic mass is 35.5. The SMILES string of the molecule is CC(=O)NCCCC(=O)N[C@@H]1CC(=O)N(c2cccc(Cl)c2)C1=O. The standard InChI is InChI=1S/C16H18ClN3O4/c1-10(21)18-7-3-6-14(22)19-13-9-15(23)20(16(13)24)12-5-2-4-11(17)8-12/h2,4-5,8,13H,3,6-7,9H2,1H3,(H,18,21)(H,19,22)/t13-/m1/s1. The van der Waals surface area contributed by atoms with Crippen molar-refractivity contribution < 1.29 is 19.2 Å². The van der Waals surface area contributed by atoms with Gasteiger partial charge in [-0.05, 0) is 24.6 Å². The molecule has 0 unspecified atom stereocenters. The first-order chi connectivity index (χ1) is 11.4. The van der Waals surface area contributed by atoms with Gasteiger partial charge in [0.05, 0.1) is 12.1 Å². The molecule has 1 saturated heterocycles. The summed E-state index contributed by atoms with van der Waals surface area (Å²) >= 11 is 5.88. The van der Waals surface area contributed by atoms with Crippen LogP contribution >= 0.6 is 11.6 Å². The molecule has 0 aliphatic carbocycles. The number of nitrogens with zero attached hydrogens (tertiary/aromatic N) is 1. The van der Waals surface area contributed by atoms with Crippen LogP contribution in [0.2, 0.25) is 5.02 Å². The van der Waals surface area contributed by atoms with Crippen LogP contribution in [0.3, 0.4) is 0 Å². The average molecular weight is 352 g/mol. The zero-order valence-corrected chi connectivity index (χ0v) is 13.9. The molecule has 1 atom stereocenters. The molecular weight excluding hydrogens is 334 g/mol. The number of carbonyl (C=O) groups excluding carboxylic acids is 4. The first kappa shape index (κ1) is 17.9. The second-order valence-corrected chi connectivity index (χ2v) is 5.89. The Morgan fingerprint density at radius 2 is 2.08 bits per heavy atom. The molecule has 0 saturated carbocycles. The average Bonchev–Trinajstić information content (AvgIpc) is 2.77. The first-order valence-corrected chi connectivity index (χ1v) is 7.92. The number of hydrogen-bond donors (Lipinski definition) is 2. The Hall–Kier alpha value is -2.41. The van der Waals surface area contributed by atoms with E-state index < -0.39 is 11.9 Å². The molecule has 128 valence electrons. The van der Waals surface area contributed by atoms with Crippen LogP contribution in [0.1, 0.15) is 26.2 Å². The van der Waals surface area contributed by atoms with E-state index in [0.717, 1.165) is 4.90 Å². The van der Waals surface area contributed by atoms with Gasteiger partial charge >= 0.3 is 0 Å². The van der Waals surface area contributed by atoms with Crippen molar-refractivity contribution in [1.82, 2.24) is 10.6 Å². The monoisotopic (exact) mass is 351 g/mol. The van der Waals surface area contributed by atoms with Gasteiger partial charge < -0.3 is 10.6 Å². The van der Waals surface area contributed by atoms with Gasteiger partial charge in [0, 0.05) is 24.9 Å². The molecule has 1 aliphatic heterocycles. The minimum atomic E-state index is -0.871. The maximum atomic E-state index is 12.4. The Labute approximate surface area is 144 Å². The van der Waals surface area contributed by atoms with Crippen molar-refractivity contribution in [3.8, 4) is 0 Å². The molecule has 8 heteroatoms. The van der Waals surface area contributed by atoms with Crippen LogP contribution in [0.25, 0.3) is 0 Å². The van der Waals surface area contributed by atoms with Crippen LogP contribution < -0.4 is 15.5 Å². The summed E-state index contributed by atoms with van der Waals surface area (Å²) in [5.74, 6) is -1.35. The van der Waals surface area contributed by atoms with Gasteiger partial charge in [0.15, 0.2) is 0 Å². The van der Waals surface area contributed by atoms with E-state index in [9.17, 15) is 19.2 Å². The first-order valence-electron chi connectivity index (χ1n) is 7.54. The molecule has 0 aromatic heterocycles. The summed E-state index contributed by atoms with van der Waals surface area (Å²) in [6.45, 7) is 1.78. The largest absolute Gasteiger partial charge is 0.356 e. The molecule has 1 heterocycles. The summed E-state index contributed by atoms with van der Waals surface area (Å²) in [7, 11) is 0. The molecule has 1 aromatic carbocycles. The molecule has 0 spiro atoms. The number of rotatable bonds is 6. The highest BCUT2D eigenvalue weighted by molar-refractivity contribution is 6.31. The summed E-state index contributed by atoms with van der Waals surface area (Å²) in [5, 5.41) is 5.56. The van der Waals surface area contributed by atoms with Gasteiger partial charge in [-0.2, -0.15) is 0 Å². The molecule has 0 bridgehead atoms. The normalized spacial score (nSPS) is 17.1. The molecule has 0 radical (unpaired) electrons. The number of anilines is 1. The topological polar surface area (TPSA) is 95.6 Å². The van der Waals surface area contributed by atoms with Crippen LogP contribution in [-0.2, 0) is 19.2 Å². The Morgan fingerprint density at radius 3 is 2.75 bits per heavy atom. The molecule has 2 rings (SSSR count). The van der Waals surface area contributed by atoms with Gasteiger partial charge in [-0.15, -0.1) is 0 Å². The minimum Gasteiger partial charge on any atom is -0.356 e. The molecule has 1 aliphatic rings. The number of amides is 4. The maximum absolute atomic E-state index is 12.4. The van der Waals surface area contributed by atoms with Gasteiger partial charge in [0.2, 0.25) is 17.7 Å². The van der Waals surface area contributed by atoms with Gasteiger partial charge in [0.25, 0.3) is 5.91 Å². The van der Waals surface area contributed by atoms with E-state index in [1.54, 1.807) is 18.2 Å². The summed E-state index contributed by atoms with van der Waals surface area (Å²) in [4.78, 5) is 48.1. The summed E-state index contributed by atoms with van der Waals surface area (Å²) < 4.78 is 0. The summed E-state index contributed by atoms with van der Waals surface area (Å²) in [5.41, 5.74) is 0.389. The van der Waals surface area contributed by atoms with Crippen molar-refractivity contribution >= 4 is 40.9 Å². The third kappa shape index (κ3) is 4.55. The van der Waals surface area contributed by atoms with E-state index in [1.807, 2.05) is 0 Å². The number of nitrogens with one attached hydrogen (secondary N) is 2. The Bertz CT molecular complexity index is 677. The zero-order chi connectivity index (χ0) is 17.7. The second-order valence-electron chi connectivity index (χ2n) is 5.46. The van der Waals surface area contributed by atoms with Crippen LogP contribution in [-0.4, -0.2) is 36.2 Å². The van der Waals surface area contributed by atoms with Crippen LogP contribution in [0.5, 0.6) is 0 Å². The number of halogens is 1. The van der Waals surface area contributed by atoms with Gasteiger partial charge in [-0.25, -0.2) is 4.90 Å². The Kier molecular flexibility index (Phi) is 5.92. The van der Waals surface area contributed by atoms with Gasteiger partial charge in [0.1, 0.15) is 6.04 Å². The van der Waals surface area contributed by atoms with Crippen molar-refractivity contribution in [2.75, 3.05) is 11.4 Å². The molecular formula is C16H18ClN3O4. The third-order valence-electron chi connectivity index (χ3n) is 3.50. The summed E-state index contributed by atoms with van der Waals surface area (Å²) in [6.07, 6.45) is 0.538. The van der Waals surface area contributed by atoms with E-state index in [2.05, 4.69) is 10.6 Å². The van der Waals surface area contributed by atoms with E-state index in [4.69, 9.17) is 11.6 Å². The lowest BCUT2D eigenvalue weighted by molar-refractivity contribution is -0.126. The van der Waals surface area contributed by atoms with Crippen molar-refractivity contribution in [2.24, 2.45) is 0 Å². The van der Waals surface area contributed by atoms with E-state index in [1.165, 1.54) is 13.0 Å². The maximum Gasteiger partial charge on any atom is 0.256 e. The smallest absolute Gasteiger partial charge is 0.256 e. The van der Waals surface area contributed by atoms with Crippen LogP contribution in [0.4, 0.5) is 5.69 Å². The van der Waals surface area contributed by atoms with Crippen molar-refractivity contribution in [3.05, 3.63) is 29.3 Å². The summed E-state index contributed by atoms with van der Waals surface area (Å²) in [6, 6.07) is 5.55. The quantitative estimate of drug-likeness (QED) is 0.590. The number of imide groups is 1. The number of hydrogen-bond acceptors (Lipinski definition) is 4. The fourth-order valence-corrected chi connectivity index (χ4v) is 2.60. The lowest BCUT2D eigenvalue weighted by Gasteiger charge is -2.15. The van der Waals surface area contributed by atoms with E-state index >= 15 is 0 Å². The Balaban J connectivity index is 1.91. The number of benzene rings is 1. The molecule has 4 amide bonds. The fraction of sp³-hybridized carbons (Fsp3) is 0.375. The number of carbonyl (C=O) groups is 4. The van der Waals surface area contributed by atoms with E-state index in [-0.39, 0.29) is 30.6 Å². The van der Waals surface area contributed by atoms with Crippen molar-refractivity contribution in [2.45, 2.75) is 32.2 Å². The molecule has 1 aromatic rings. The predicted octanol–water partition coefficient (Wildman–Crippen LogP) is 1.00. The molecule has 1 fully saturated rings. The highest BCUT2D eigenvalue weighted by Crippen LogP contribution is 2.25. The lowest BCUT2D eigenvalue weighted by atomic mass is 10.2. The molecule has 24 heavy (non-hydrogen) atoms. The van der Waals surface area contributed by atoms with Crippen molar-refractivity contribution in [3.63, 3.8) is 0 Å². The fourth-order valence-electron chi connectivity index (χ4n) is 2.41. The highest BCUT2D eigenvalue weighted by Gasteiger charge is 2.40. The lowest BCUT2D eigenvalue weighted by Crippen LogP contribution is -2.41. The van der Waals surface area contributed by atoms with Crippen molar-refractivity contribution in [1.29, 1.82) is 0 Å². The van der Waals surface area contributed by atoms with Crippen LogP contribution in [0.15, 0.2) is 24.3 Å². The second kappa shape index (κ2) is 7.92. The van der Waals surface area contributed by atoms with Gasteiger partial charge in [-0.1, -0.05) is 17.7 Å². The predicted molar refractivity (Wildman–Crippen MR) is 88.4 cm³/mol.